The number of nitrogens with zero attached hydrogens (tertiary/aromatic N) is 2. The molecule has 116 valence electrons. The molecule has 0 aliphatic heterocycles. The van der Waals surface area contributed by atoms with E-state index in [1.165, 1.54) is 10.9 Å². The number of aromatic nitrogens is 2. The number of carboxylic acids is 1. The Bertz CT molecular complexity index is 637. The molecule has 0 radical (unpaired) electrons. The van der Waals surface area contributed by atoms with Gasteiger partial charge in [-0.1, -0.05) is 37.3 Å². The highest BCUT2D eigenvalue weighted by Gasteiger charge is 2.17. The van der Waals surface area contributed by atoms with E-state index < -0.39 is 5.97 Å². The molecule has 1 aromatic carbocycles. The van der Waals surface area contributed by atoms with Gasteiger partial charge >= 0.3 is 5.97 Å². The van der Waals surface area contributed by atoms with E-state index in [1.54, 1.807) is 6.07 Å². The Morgan fingerprint density at radius 3 is 2.64 bits per heavy atom. The van der Waals surface area contributed by atoms with Crippen LogP contribution in [-0.4, -0.2) is 26.8 Å². The van der Waals surface area contributed by atoms with Crippen molar-refractivity contribution in [3.05, 3.63) is 53.9 Å². The van der Waals surface area contributed by atoms with Gasteiger partial charge in [0.2, 0.25) is 0 Å². The van der Waals surface area contributed by atoms with Crippen LogP contribution in [0.5, 0.6) is 0 Å². The summed E-state index contributed by atoms with van der Waals surface area (Å²) in [5, 5.41) is 15.7. The lowest BCUT2D eigenvalue weighted by Crippen LogP contribution is -2.30. The van der Waals surface area contributed by atoms with Gasteiger partial charge in [0.25, 0.3) is 5.91 Å². The summed E-state index contributed by atoms with van der Waals surface area (Å²) in [6, 6.07) is 11.2. The first kappa shape index (κ1) is 15.8. The molecule has 0 saturated heterocycles. The molecule has 1 heterocycles. The van der Waals surface area contributed by atoms with E-state index in [0.29, 0.717) is 5.69 Å². The fourth-order valence-electron chi connectivity index (χ4n) is 2.24. The van der Waals surface area contributed by atoms with Crippen LogP contribution in [-0.2, 0) is 11.3 Å². The molecular formula is C16H19N3O3. The van der Waals surface area contributed by atoms with Crippen molar-refractivity contribution in [2.24, 2.45) is 0 Å². The molecule has 6 heteroatoms. The standard InChI is InChI=1S/C16H19N3O3/c1-2-13(12-6-4-3-5-7-12)18-16(22)14-8-10-17-19(14)11-9-15(20)21/h3-8,10,13H,2,9,11H2,1H3,(H,18,22)(H,20,21). The number of hydrogen-bond acceptors (Lipinski definition) is 3. The zero-order valence-corrected chi connectivity index (χ0v) is 12.4. The Labute approximate surface area is 128 Å². The largest absolute Gasteiger partial charge is 0.481 e. The molecule has 0 fully saturated rings. The second-order valence-electron chi connectivity index (χ2n) is 4.93. The van der Waals surface area contributed by atoms with Crippen LogP contribution in [0.4, 0.5) is 0 Å². The highest BCUT2D eigenvalue weighted by molar-refractivity contribution is 5.92. The lowest BCUT2D eigenvalue weighted by molar-refractivity contribution is -0.137. The molecule has 0 bridgehead atoms. The maximum Gasteiger partial charge on any atom is 0.305 e. The molecule has 1 atom stereocenters. The lowest BCUT2D eigenvalue weighted by Gasteiger charge is -2.17. The first-order valence-corrected chi connectivity index (χ1v) is 7.21. The molecule has 22 heavy (non-hydrogen) atoms. The second-order valence-corrected chi connectivity index (χ2v) is 4.93. The van der Waals surface area contributed by atoms with Crippen molar-refractivity contribution in [1.82, 2.24) is 15.1 Å². The number of hydrogen-bond donors (Lipinski definition) is 2. The SMILES string of the molecule is CCC(NC(=O)c1ccnn1CCC(=O)O)c1ccccc1. The minimum Gasteiger partial charge on any atom is -0.481 e. The molecule has 2 aromatic rings. The van der Waals surface area contributed by atoms with Crippen molar-refractivity contribution in [2.45, 2.75) is 32.4 Å². The minimum absolute atomic E-state index is 0.0716. The number of rotatable bonds is 7. The van der Waals surface area contributed by atoms with Crippen LogP contribution in [0.25, 0.3) is 0 Å². The van der Waals surface area contributed by atoms with Crippen molar-refractivity contribution >= 4 is 11.9 Å². The summed E-state index contributed by atoms with van der Waals surface area (Å²) in [6.07, 6.45) is 2.19. The molecule has 0 saturated carbocycles. The molecule has 1 aromatic heterocycles. The van der Waals surface area contributed by atoms with Gasteiger partial charge in [0.15, 0.2) is 0 Å². The molecule has 1 amide bonds. The van der Waals surface area contributed by atoms with E-state index in [1.807, 2.05) is 37.3 Å². The summed E-state index contributed by atoms with van der Waals surface area (Å²) in [5.74, 6) is -1.17. The van der Waals surface area contributed by atoms with Gasteiger partial charge < -0.3 is 10.4 Å². The molecule has 0 aliphatic carbocycles. The number of amides is 1. The average Bonchev–Trinajstić information content (AvgIpc) is 3.00. The van der Waals surface area contributed by atoms with Crippen molar-refractivity contribution in [1.29, 1.82) is 0 Å². The molecule has 2 rings (SSSR count). The van der Waals surface area contributed by atoms with Gasteiger partial charge in [-0.25, -0.2) is 0 Å². The summed E-state index contributed by atoms with van der Waals surface area (Å²) in [4.78, 5) is 23.0. The van der Waals surface area contributed by atoms with Crippen LogP contribution in [0, 0.1) is 0 Å². The van der Waals surface area contributed by atoms with Crippen LogP contribution in [0.15, 0.2) is 42.6 Å². The third-order valence-corrected chi connectivity index (χ3v) is 3.40. The van der Waals surface area contributed by atoms with Gasteiger partial charge in [0.1, 0.15) is 5.69 Å². The number of carbonyl (C=O) groups excluding carboxylic acids is 1. The normalized spacial score (nSPS) is 11.9. The average molecular weight is 301 g/mol. The van der Waals surface area contributed by atoms with Crippen LogP contribution >= 0.6 is 0 Å². The number of carboxylic acid groups (broad SMARTS) is 1. The first-order chi connectivity index (χ1) is 10.6. The zero-order valence-electron chi connectivity index (χ0n) is 12.4. The van der Waals surface area contributed by atoms with E-state index in [9.17, 15) is 9.59 Å². The van der Waals surface area contributed by atoms with Gasteiger partial charge in [-0.2, -0.15) is 5.10 Å². The Kier molecular flexibility index (Phi) is 5.30. The number of aliphatic carboxylic acids is 1. The fourth-order valence-corrected chi connectivity index (χ4v) is 2.24. The smallest absolute Gasteiger partial charge is 0.305 e. The highest BCUT2D eigenvalue weighted by atomic mass is 16.4. The van der Waals surface area contributed by atoms with Crippen molar-refractivity contribution in [3.63, 3.8) is 0 Å². The van der Waals surface area contributed by atoms with Crippen LogP contribution in [0.2, 0.25) is 0 Å². The lowest BCUT2D eigenvalue weighted by atomic mass is 10.0. The first-order valence-electron chi connectivity index (χ1n) is 7.21. The van der Waals surface area contributed by atoms with Crippen LogP contribution in [0.1, 0.15) is 41.9 Å². The molecule has 0 spiro atoms. The molecule has 1 unspecified atom stereocenters. The molecule has 6 nitrogen and oxygen atoms in total. The van der Waals surface area contributed by atoms with Gasteiger partial charge in [0.05, 0.1) is 19.0 Å². The Balaban J connectivity index is 2.08. The van der Waals surface area contributed by atoms with Crippen LogP contribution < -0.4 is 5.32 Å². The second kappa shape index (κ2) is 7.40. The van der Waals surface area contributed by atoms with Gasteiger partial charge in [-0.15, -0.1) is 0 Å². The summed E-state index contributed by atoms with van der Waals surface area (Å²) in [7, 11) is 0. The van der Waals surface area contributed by atoms with E-state index in [-0.39, 0.29) is 24.9 Å². The summed E-state index contributed by atoms with van der Waals surface area (Å²) in [5.41, 5.74) is 1.41. The maximum atomic E-state index is 12.4. The molecule has 0 aliphatic rings. The predicted octanol–water partition coefficient (Wildman–Crippen LogP) is 2.24. The van der Waals surface area contributed by atoms with Gasteiger partial charge in [-0.05, 0) is 18.1 Å². The summed E-state index contributed by atoms with van der Waals surface area (Å²) in [6.45, 7) is 2.17. The monoisotopic (exact) mass is 301 g/mol. The summed E-state index contributed by atoms with van der Waals surface area (Å²) >= 11 is 0. The number of benzene rings is 1. The summed E-state index contributed by atoms with van der Waals surface area (Å²) < 4.78 is 1.42. The Morgan fingerprint density at radius 1 is 1.27 bits per heavy atom. The number of nitrogens with one attached hydrogen (secondary N) is 1. The third kappa shape index (κ3) is 3.94. The van der Waals surface area contributed by atoms with Crippen molar-refractivity contribution in [2.75, 3.05) is 0 Å². The third-order valence-electron chi connectivity index (χ3n) is 3.40. The van der Waals surface area contributed by atoms with E-state index in [4.69, 9.17) is 5.11 Å². The van der Waals surface area contributed by atoms with E-state index in [2.05, 4.69) is 10.4 Å². The zero-order chi connectivity index (χ0) is 15.9. The quantitative estimate of drug-likeness (QED) is 0.821. The number of aryl methyl sites for hydroxylation is 1. The van der Waals surface area contributed by atoms with Crippen LogP contribution in [0.3, 0.4) is 0 Å². The minimum atomic E-state index is -0.919. The van der Waals surface area contributed by atoms with E-state index in [0.717, 1.165) is 12.0 Å². The Morgan fingerprint density at radius 2 is 2.00 bits per heavy atom. The fraction of sp³-hybridized carbons (Fsp3) is 0.312. The predicted molar refractivity (Wildman–Crippen MR) is 81.4 cm³/mol. The topological polar surface area (TPSA) is 84.2 Å². The molecule has 2 N–H and O–H groups in total. The van der Waals surface area contributed by atoms with Crippen molar-refractivity contribution < 1.29 is 14.7 Å². The van der Waals surface area contributed by atoms with Gasteiger partial charge in [0, 0.05) is 6.20 Å². The Hall–Kier alpha value is -2.63. The highest BCUT2D eigenvalue weighted by Crippen LogP contribution is 2.16. The van der Waals surface area contributed by atoms with Crippen molar-refractivity contribution in [3.8, 4) is 0 Å². The van der Waals surface area contributed by atoms with E-state index >= 15 is 0 Å². The molecular weight excluding hydrogens is 282 g/mol. The maximum absolute atomic E-state index is 12.4. The van der Waals surface area contributed by atoms with Gasteiger partial charge in [-0.3, -0.25) is 14.3 Å². The number of carbonyl (C=O) groups is 2.